The van der Waals surface area contributed by atoms with Gasteiger partial charge in [-0.25, -0.2) is 0 Å². The van der Waals surface area contributed by atoms with E-state index in [9.17, 15) is 9.59 Å². The molecule has 0 rings (SSSR count). The minimum absolute atomic E-state index is 0. The van der Waals surface area contributed by atoms with Gasteiger partial charge in [0, 0.05) is 0 Å². The average molecular weight is 328 g/mol. The van der Waals surface area contributed by atoms with Gasteiger partial charge in [0.2, 0.25) is 0 Å². The van der Waals surface area contributed by atoms with Crippen LogP contribution in [0.4, 0.5) is 0 Å². The molecule has 0 aromatic heterocycles. The molecule has 11 heavy (non-hydrogen) atoms. The third-order valence-corrected chi connectivity index (χ3v) is 3.93. The second-order valence-electron chi connectivity index (χ2n) is 1.61. The number of carbonyl (C=O) groups is 2. The molecule has 0 aliphatic heterocycles. The van der Waals surface area contributed by atoms with Crippen molar-refractivity contribution in [2.24, 2.45) is 0 Å². The van der Waals surface area contributed by atoms with Gasteiger partial charge < -0.3 is 0 Å². The number of carbonyl (C=O) groups excluding carboxylic acids is 2. The fourth-order valence-corrected chi connectivity index (χ4v) is 1.67. The van der Waals surface area contributed by atoms with Crippen molar-refractivity contribution in [3.05, 3.63) is 0 Å². The summed E-state index contributed by atoms with van der Waals surface area (Å²) in [7, 11) is 0. The molecule has 0 spiro atoms. The van der Waals surface area contributed by atoms with Gasteiger partial charge in [0.05, 0.1) is 0 Å². The number of halogens is 3. The molecule has 2 nitrogen and oxygen atoms in total. The Bertz CT molecular complexity index is 104. The van der Waals surface area contributed by atoms with Crippen molar-refractivity contribution in [2.75, 3.05) is 0 Å². The van der Waals surface area contributed by atoms with E-state index in [0.717, 1.165) is 0 Å². The van der Waals surface area contributed by atoms with Crippen LogP contribution in [0.2, 0.25) is 4.44 Å². The second-order valence-corrected chi connectivity index (χ2v) is 5.64. The van der Waals surface area contributed by atoms with Crippen molar-refractivity contribution in [3.8, 4) is 0 Å². The van der Waals surface area contributed by atoms with Crippen LogP contribution in [-0.4, -0.2) is 30.7 Å². The first-order valence-corrected chi connectivity index (χ1v) is 5.81. The van der Waals surface area contributed by atoms with Crippen molar-refractivity contribution in [2.45, 2.75) is 18.3 Å². The average Bonchev–Trinajstić information content (AvgIpc) is 1.61. The molecule has 0 saturated carbocycles. The predicted molar refractivity (Wildman–Crippen MR) is 53.7 cm³/mol. The Kier molecular flexibility index (Phi) is 28.0. The zero-order valence-electron chi connectivity index (χ0n) is 6.25. The van der Waals surface area contributed by atoms with E-state index in [4.69, 9.17) is 0 Å². The smallest absolute Gasteiger partial charge is 0.147 e. The van der Waals surface area contributed by atoms with E-state index in [1.165, 1.54) is 6.92 Å². The molecule has 0 aromatic carbocycles. The standard InChI is InChI=1S/C3H5O.C2H3O.3ClH.Sn/c1-3(2)4;1-2-3;;;;/h1H2,2H3;1H3;3*1H;. The third-order valence-electron chi connectivity index (χ3n) is 0.586. The van der Waals surface area contributed by atoms with Crippen LogP contribution < -0.4 is 0 Å². The number of hydrogen-bond donors (Lipinski definition) is 0. The fourth-order valence-electron chi connectivity index (χ4n) is 0.249. The first-order chi connectivity index (χ1) is 3.63. The van der Waals surface area contributed by atoms with Crippen LogP contribution in [0.5, 0.6) is 0 Å². The summed E-state index contributed by atoms with van der Waals surface area (Å²) in [6.45, 7) is 3.10. The molecule has 0 aromatic rings. The van der Waals surface area contributed by atoms with Gasteiger partial charge in [-0.05, 0) is 0 Å². The monoisotopic (exact) mass is 328 g/mol. The molecule has 0 heterocycles. The minimum Gasteiger partial charge on any atom is -0.147 e. The van der Waals surface area contributed by atoms with Crippen molar-refractivity contribution in [1.29, 1.82) is 0 Å². The maximum absolute atomic E-state index is 10.3. The zero-order valence-corrected chi connectivity index (χ0v) is 11.6. The first kappa shape index (κ1) is 22.7. The maximum Gasteiger partial charge on any atom is -0.147 e. The molecule has 0 amide bonds. The Morgan fingerprint density at radius 3 is 1.55 bits per heavy atom. The molecule has 2 radical (unpaired) electrons. The van der Waals surface area contributed by atoms with Gasteiger partial charge in [0.25, 0.3) is 0 Å². The van der Waals surface area contributed by atoms with E-state index in [1.54, 1.807) is 6.92 Å². The van der Waals surface area contributed by atoms with Gasteiger partial charge in [0.15, 0.2) is 0 Å². The summed E-state index contributed by atoms with van der Waals surface area (Å²) >= 11 is -0.934. The van der Waals surface area contributed by atoms with E-state index >= 15 is 0 Å². The normalized spacial score (nSPS) is 6.36. The quantitative estimate of drug-likeness (QED) is 0.736. The van der Waals surface area contributed by atoms with Crippen LogP contribution in [0, 0.1) is 0 Å². The molecule has 0 atom stereocenters. The largest absolute Gasteiger partial charge is 0.147 e. The number of rotatable bonds is 3. The van der Waals surface area contributed by atoms with Crippen molar-refractivity contribution < 1.29 is 9.59 Å². The Morgan fingerprint density at radius 2 is 1.45 bits per heavy atom. The van der Waals surface area contributed by atoms with E-state index in [0.29, 0.717) is 4.44 Å². The molecular weight excluding hydrogens is 317 g/mol. The molecule has 0 aliphatic carbocycles. The Balaban J connectivity index is -0.0000000817. The van der Waals surface area contributed by atoms with Crippen LogP contribution in [0.1, 0.15) is 13.8 Å². The molecule has 0 unspecified atom stereocenters. The van der Waals surface area contributed by atoms with Crippen molar-refractivity contribution in [1.82, 2.24) is 0 Å². The zero-order chi connectivity index (χ0) is 6.57. The van der Waals surface area contributed by atoms with Gasteiger partial charge in [-0.15, -0.1) is 37.2 Å². The summed E-state index contributed by atoms with van der Waals surface area (Å²) in [5, 5.41) is 0. The van der Waals surface area contributed by atoms with Gasteiger partial charge in [-0.1, -0.05) is 0 Å². The third kappa shape index (κ3) is 24.7. The van der Waals surface area contributed by atoms with E-state index in [1.807, 2.05) is 0 Å². The molecule has 0 N–H and O–H groups in total. The van der Waals surface area contributed by atoms with Gasteiger partial charge in [0.1, 0.15) is 0 Å². The summed E-state index contributed by atoms with van der Waals surface area (Å²) in [6.07, 6.45) is 0. The van der Waals surface area contributed by atoms with Crippen LogP contribution >= 0.6 is 37.2 Å². The predicted octanol–water partition coefficient (Wildman–Crippen LogP) is 1.51. The van der Waals surface area contributed by atoms with Crippen molar-refractivity contribution in [3.63, 3.8) is 0 Å². The molecule has 0 aliphatic rings. The fraction of sp³-hybridized carbons (Fsp3) is 0.600. The Labute approximate surface area is 95.3 Å². The van der Waals surface area contributed by atoms with E-state index in [2.05, 4.69) is 0 Å². The summed E-state index contributed by atoms with van der Waals surface area (Å²) in [5.41, 5.74) is 0. The second kappa shape index (κ2) is 13.6. The Hall–Kier alpha value is 1.01. The topological polar surface area (TPSA) is 34.1 Å². The van der Waals surface area contributed by atoms with E-state index in [-0.39, 0.29) is 46.8 Å². The summed E-state index contributed by atoms with van der Waals surface area (Å²) < 4.78 is 0.822. The number of Topliss-reactive ketones (excluding diaryl/α,β-unsaturated/α-hetero) is 1. The van der Waals surface area contributed by atoms with Gasteiger partial charge in [-0.3, -0.25) is 0 Å². The van der Waals surface area contributed by atoms with Crippen LogP contribution in [0.15, 0.2) is 0 Å². The van der Waals surface area contributed by atoms with Gasteiger partial charge >= 0.3 is 58.6 Å². The number of ketones is 1. The molecule has 68 valence electrons. The maximum atomic E-state index is 10.3. The molecule has 0 bridgehead atoms. The summed E-state index contributed by atoms with van der Waals surface area (Å²) in [6, 6.07) is 0. The van der Waals surface area contributed by atoms with Crippen LogP contribution in [0.25, 0.3) is 0 Å². The molecule has 0 saturated heterocycles. The van der Waals surface area contributed by atoms with Crippen LogP contribution in [-0.2, 0) is 9.59 Å². The minimum atomic E-state index is -0.934. The summed E-state index contributed by atoms with van der Waals surface area (Å²) in [5.74, 6) is 0.159. The van der Waals surface area contributed by atoms with Crippen molar-refractivity contribution >= 4 is 67.9 Å². The molecule has 0 fully saturated rings. The molecule has 6 heteroatoms. The first-order valence-electron chi connectivity index (χ1n) is 2.37. The Morgan fingerprint density at radius 1 is 1.09 bits per heavy atom. The van der Waals surface area contributed by atoms with E-state index < -0.39 is 21.1 Å². The number of hydrogen-bond acceptors (Lipinski definition) is 2. The molecular formula is C5H11Cl3O2Sn. The van der Waals surface area contributed by atoms with Crippen LogP contribution in [0.3, 0.4) is 0 Å². The van der Waals surface area contributed by atoms with Gasteiger partial charge in [-0.2, -0.15) is 0 Å². The summed E-state index contributed by atoms with van der Waals surface area (Å²) in [4.78, 5) is 20.5. The SMILES string of the molecule is CC(=O)[CH2][Sn][C](C)=O.Cl.Cl.Cl.